The first kappa shape index (κ1) is 24.1. The summed E-state index contributed by atoms with van der Waals surface area (Å²) in [6, 6.07) is 24.0. The number of nitrogens with zero attached hydrogens (tertiary/aromatic N) is 2. The standard InChI is InChI=1S/C30H26N2O2S2/c1-20(2)25-18-24-8-5-13-31-29(24)27(19-25)22-6-4-7-23(17-22)28(30-32-14-15-35-30)16-21-9-11-26(12-10-21)36(3,33)34/h4-20H,1-3H3/b28-16-. The van der Waals surface area contributed by atoms with Gasteiger partial charge in [0, 0.05) is 40.6 Å². The van der Waals surface area contributed by atoms with Crippen molar-refractivity contribution in [3.05, 3.63) is 112 Å². The summed E-state index contributed by atoms with van der Waals surface area (Å²) < 4.78 is 23.8. The molecule has 0 aliphatic rings. The second-order valence-electron chi connectivity index (χ2n) is 9.12. The van der Waals surface area contributed by atoms with E-state index in [0.29, 0.717) is 10.8 Å². The largest absolute Gasteiger partial charge is 0.256 e. The molecule has 0 saturated heterocycles. The maximum atomic E-state index is 11.9. The van der Waals surface area contributed by atoms with Crippen LogP contribution in [0.5, 0.6) is 0 Å². The fourth-order valence-electron chi connectivity index (χ4n) is 4.23. The number of sulfone groups is 1. The van der Waals surface area contributed by atoms with Gasteiger partial charge in [-0.25, -0.2) is 13.4 Å². The number of benzene rings is 3. The van der Waals surface area contributed by atoms with Crippen LogP contribution < -0.4 is 0 Å². The van der Waals surface area contributed by atoms with Crippen LogP contribution in [-0.4, -0.2) is 24.6 Å². The smallest absolute Gasteiger partial charge is 0.175 e. The Morgan fingerprint density at radius 3 is 2.42 bits per heavy atom. The number of fused-ring (bicyclic) bond motifs is 1. The third-order valence-electron chi connectivity index (χ3n) is 6.16. The van der Waals surface area contributed by atoms with Crippen molar-refractivity contribution in [1.29, 1.82) is 0 Å². The molecule has 0 spiro atoms. The van der Waals surface area contributed by atoms with Crippen molar-refractivity contribution in [2.75, 3.05) is 6.26 Å². The summed E-state index contributed by atoms with van der Waals surface area (Å²) in [6.07, 6.45) is 6.92. The lowest BCUT2D eigenvalue weighted by Crippen LogP contribution is -1.96. The topological polar surface area (TPSA) is 59.9 Å². The molecule has 0 bridgehead atoms. The number of aromatic nitrogens is 2. The van der Waals surface area contributed by atoms with E-state index >= 15 is 0 Å². The fraction of sp³-hybridized carbons (Fsp3) is 0.133. The molecule has 0 atom stereocenters. The van der Waals surface area contributed by atoms with Crippen molar-refractivity contribution in [3.8, 4) is 11.1 Å². The SMILES string of the molecule is CC(C)c1cc(-c2cccc(/C(=C/c3ccc(S(C)(=O)=O)cc3)c3nccs3)c2)c2ncccc2c1. The van der Waals surface area contributed by atoms with E-state index in [1.807, 2.05) is 29.8 Å². The Hall–Kier alpha value is -3.61. The molecular weight excluding hydrogens is 484 g/mol. The molecule has 6 heteroatoms. The summed E-state index contributed by atoms with van der Waals surface area (Å²) in [6.45, 7) is 4.41. The van der Waals surface area contributed by atoms with Crippen LogP contribution in [0.1, 0.15) is 41.5 Å². The fourth-order valence-corrected chi connectivity index (χ4v) is 5.53. The van der Waals surface area contributed by atoms with Crippen molar-refractivity contribution in [2.45, 2.75) is 24.7 Å². The third-order valence-corrected chi connectivity index (χ3v) is 8.10. The normalized spacial score (nSPS) is 12.4. The Bertz CT molecular complexity index is 1670. The van der Waals surface area contributed by atoms with Crippen LogP contribution in [-0.2, 0) is 9.84 Å². The van der Waals surface area contributed by atoms with Gasteiger partial charge in [-0.3, -0.25) is 4.98 Å². The summed E-state index contributed by atoms with van der Waals surface area (Å²) in [4.78, 5) is 9.59. The molecule has 0 aliphatic carbocycles. The Morgan fingerprint density at radius 2 is 1.72 bits per heavy atom. The quantitative estimate of drug-likeness (QED) is 0.222. The minimum atomic E-state index is -3.24. The van der Waals surface area contributed by atoms with Crippen LogP contribution in [0.15, 0.2) is 95.5 Å². The molecule has 0 N–H and O–H groups in total. The van der Waals surface area contributed by atoms with E-state index in [2.05, 4.69) is 67.4 Å². The maximum Gasteiger partial charge on any atom is 0.175 e. The molecule has 0 saturated carbocycles. The first-order valence-corrected chi connectivity index (χ1v) is 14.5. The molecule has 2 heterocycles. The lowest BCUT2D eigenvalue weighted by molar-refractivity contribution is 0.602. The molecule has 0 aliphatic heterocycles. The maximum absolute atomic E-state index is 11.9. The van der Waals surface area contributed by atoms with Crippen molar-refractivity contribution in [3.63, 3.8) is 0 Å². The van der Waals surface area contributed by atoms with Crippen LogP contribution in [0, 0.1) is 0 Å². The van der Waals surface area contributed by atoms with Gasteiger partial charge < -0.3 is 0 Å². The van der Waals surface area contributed by atoms with Crippen molar-refractivity contribution >= 4 is 43.7 Å². The zero-order valence-electron chi connectivity index (χ0n) is 20.3. The Kier molecular flexibility index (Phi) is 6.56. The predicted octanol–water partition coefficient (Wildman–Crippen LogP) is 7.47. The number of hydrogen-bond acceptors (Lipinski definition) is 5. The summed E-state index contributed by atoms with van der Waals surface area (Å²) in [5.74, 6) is 0.400. The van der Waals surface area contributed by atoms with E-state index in [-0.39, 0.29) is 0 Å². The van der Waals surface area contributed by atoms with E-state index in [4.69, 9.17) is 4.98 Å². The second-order valence-corrected chi connectivity index (χ2v) is 12.0. The van der Waals surface area contributed by atoms with Crippen LogP contribution in [0.25, 0.3) is 33.7 Å². The molecule has 180 valence electrons. The molecular formula is C30H26N2O2S2. The van der Waals surface area contributed by atoms with Crippen molar-refractivity contribution < 1.29 is 8.42 Å². The number of rotatable bonds is 6. The number of pyridine rings is 1. The van der Waals surface area contributed by atoms with E-state index in [0.717, 1.165) is 43.7 Å². The van der Waals surface area contributed by atoms with E-state index in [1.165, 1.54) is 11.8 Å². The van der Waals surface area contributed by atoms with E-state index in [9.17, 15) is 8.42 Å². The van der Waals surface area contributed by atoms with E-state index in [1.54, 1.807) is 29.7 Å². The van der Waals surface area contributed by atoms with Gasteiger partial charge in [0.25, 0.3) is 0 Å². The Morgan fingerprint density at radius 1 is 0.917 bits per heavy atom. The zero-order valence-corrected chi connectivity index (χ0v) is 22.0. The lowest BCUT2D eigenvalue weighted by atomic mass is 9.92. The van der Waals surface area contributed by atoms with Crippen LogP contribution in [0.4, 0.5) is 0 Å². The van der Waals surface area contributed by atoms with Gasteiger partial charge in [-0.15, -0.1) is 11.3 Å². The van der Waals surface area contributed by atoms with Crippen LogP contribution >= 0.6 is 11.3 Å². The molecule has 0 amide bonds. The molecule has 36 heavy (non-hydrogen) atoms. The monoisotopic (exact) mass is 510 g/mol. The predicted molar refractivity (Wildman–Crippen MR) is 150 cm³/mol. The van der Waals surface area contributed by atoms with Crippen LogP contribution in [0.3, 0.4) is 0 Å². The highest BCUT2D eigenvalue weighted by Gasteiger charge is 2.14. The molecule has 4 nitrogen and oxygen atoms in total. The van der Waals surface area contributed by atoms with Crippen molar-refractivity contribution in [2.24, 2.45) is 0 Å². The highest BCUT2D eigenvalue weighted by molar-refractivity contribution is 7.90. The molecule has 0 radical (unpaired) electrons. The third kappa shape index (κ3) is 5.01. The molecule has 2 aromatic heterocycles. The molecule has 3 aromatic carbocycles. The van der Waals surface area contributed by atoms with Gasteiger partial charge in [-0.05, 0) is 70.6 Å². The molecule has 0 fully saturated rings. The Balaban J connectivity index is 1.65. The van der Waals surface area contributed by atoms with Crippen LogP contribution in [0.2, 0.25) is 0 Å². The minimum Gasteiger partial charge on any atom is -0.256 e. The number of hydrogen-bond donors (Lipinski definition) is 0. The first-order chi connectivity index (χ1) is 17.3. The number of thiazole rings is 1. The van der Waals surface area contributed by atoms with Gasteiger partial charge in [-0.2, -0.15) is 0 Å². The minimum absolute atomic E-state index is 0.307. The van der Waals surface area contributed by atoms with E-state index < -0.39 is 9.84 Å². The molecule has 5 aromatic rings. The molecule has 0 unspecified atom stereocenters. The highest BCUT2D eigenvalue weighted by atomic mass is 32.2. The first-order valence-electron chi connectivity index (χ1n) is 11.7. The summed E-state index contributed by atoms with van der Waals surface area (Å²) in [5.41, 5.74) is 7.38. The average Bonchev–Trinajstić information content (AvgIpc) is 3.41. The summed E-state index contributed by atoms with van der Waals surface area (Å²) in [7, 11) is -3.24. The van der Waals surface area contributed by atoms with Crippen molar-refractivity contribution in [1.82, 2.24) is 9.97 Å². The summed E-state index contributed by atoms with van der Waals surface area (Å²) in [5, 5.41) is 3.99. The lowest BCUT2D eigenvalue weighted by Gasteiger charge is -2.14. The summed E-state index contributed by atoms with van der Waals surface area (Å²) >= 11 is 1.58. The second kappa shape index (κ2) is 9.80. The van der Waals surface area contributed by atoms with Gasteiger partial charge in [0.15, 0.2) is 9.84 Å². The van der Waals surface area contributed by atoms with Gasteiger partial charge in [-0.1, -0.05) is 50.2 Å². The van der Waals surface area contributed by atoms with Gasteiger partial charge >= 0.3 is 0 Å². The average molecular weight is 511 g/mol. The van der Waals surface area contributed by atoms with Gasteiger partial charge in [0.2, 0.25) is 0 Å². The zero-order chi connectivity index (χ0) is 25.3. The van der Waals surface area contributed by atoms with Gasteiger partial charge in [0.05, 0.1) is 10.4 Å². The Labute approximate surface area is 215 Å². The molecule has 5 rings (SSSR count). The van der Waals surface area contributed by atoms with Gasteiger partial charge in [0.1, 0.15) is 5.01 Å². The highest BCUT2D eigenvalue weighted by Crippen LogP contribution is 2.35.